The third-order valence-electron chi connectivity index (χ3n) is 4.36. The Bertz CT molecular complexity index is 645. The third kappa shape index (κ3) is 4.03. The quantitative estimate of drug-likeness (QED) is 0.656. The minimum Gasteiger partial charge on any atom is -0.360 e. The van der Waals surface area contributed by atoms with Crippen molar-refractivity contribution in [2.45, 2.75) is 65.1 Å². The first-order valence-corrected chi connectivity index (χ1v) is 8.40. The Kier molecular flexibility index (Phi) is 4.73. The summed E-state index contributed by atoms with van der Waals surface area (Å²) in [5, 5.41) is 0. The summed E-state index contributed by atoms with van der Waals surface area (Å²) >= 11 is 0. The smallest absolute Gasteiger partial charge is 0.0890 e. The van der Waals surface area contributed by atoms with Gasteiger partial charge in [0.05, 0.1) is 11.2 Å². The van der Waals surface area contributed by atoms with E-state index < -0.39 is 0 Å². The zero-order chi connectivity index (χ0) is 17.3. The average molecular weight is 310 g/mol. The lowest BCUT2D eigenvalue weighted by Gasteiger charge is -2.39. The normalized spacial score (nSPS) is 13.2. The number of hydrogen-bond acceptors (Lipinski definition) is 1. The number of benzene rings is 2. The van der Waals surface area contributed by atoms with Crippen LogP contribution in [0.4, 0.5) is 0 Å². The van der Waals surface area contributed by atoms with Gasteiger partial charge >= 0.3 is 0 Å². The highest BCUT2D eigenvalue weighted by atomic mass is 16.5. The maximum Gasteiger partial charge on any atom is 0.0890 e. The monoisotopic (exact) mass is 310 g/mol. The largest absolute Gasteiger partial charge is 0.360 e. The molecule has 0 aromatic heterocycles. The average Bonchev–Trinajstić information content (AvgIpc) is 2.46. The Morgan fingerprint density at radius 2 is 1.04 bits per heavy atom. The highest BCUT2D eigenvalue weighted by molar-refractivity contribution is 5.37. The van der Waals surface area contributed by atoms with Crippen molar-refractivity contribution in [3.05, 3.63) is 71.3 Å². The lowest BCUT2D eigenvalue weighted by atomic mass is 9.79. The van der Waals surface area contributed by atoms with E-state index in [-0.39, 0.29) is 16.6 Å². The van der Waals surface area contributed by atoms with Gasteiger partial charge in [-0.3, -0.25) is 0 Å². The van der Waals surface area contributed by atoms with Gasteiger partial charge in [0.2, 0.25) is 0 Å². The van der Waals surface area contributed by atoms with Crippen LogP contribution in [0.1, 0.15) is 65.2 Å². The standard InChI is InChI=1S/C22H30O/c1-20(2,3)18-15-11-12-16-19(18)22(6,7)23-21(4,5)17-13-9-8-10-14-17/h8-16H,1-7H3. The van der Waals surface area contributed by atoms with Crippen LogP contribution < -0.4 is 0 Å². The molecule has 0 saturated heterocycles. The van der Waals surface area contributed by atoms with Crippen LogP contribution in [0.15, 0.2) is 54.6 Å². The lowest BCUT2D eigenvalue weighted by molar-refractivity contribution is -0.133. The molecule has 0 atom stereocenters. The Hall–Kier alpha value is -1.60. The van der Waals surface area contributed by atoms with Gasteiger partial charge in [-0.15, -0.1) is 0 Å². The van der Waals surface area contributed by atoms with E-state index in [0.717, 1.165) is 0 Å². The second kappa shape index (κ2) is 6.13. The van der Waals surface area contributed by atoms with E-state index in [1.54, 1.807) is 0 Å². The minimum atomic E-state index is -0.372. The maximum absolute atomic E-state index is 6.63. The van der Waals surface area contributed by atoms with Crippen LogP contribution in [-0.4, -0.2) is 0 Å². The van der Waals surface area contributed by atoms with Gasteiger partial charge in [-0.25, -0.2) is 0 Å². The Morgan fingerprint density at radius 1 is 0.565 bits per heavy atom. The van der Waals surface area contributed by atoms with Gasteiger partial charge in [-0.1, -0.05) is 75.4 Å². The van der Waals surface area contributed by atoms with Gasteiger partial charge in [0.1, 0.15) is 0 Å². The molecule has 0 radical (unpaired) electrons. The van der Waals surface area contributed by atoms with Gasteiger partial charge in [0, 0.05) is 0 Å². The van der Waals surface area contributed by atoms with Crippen molar-refractivity contribution < 1.29 is 4.74 Å². The SMILES string of the molecule is CC(C)(C)c1ccccc1C(C)(C)OC(C)(C)c1ccccc1. The summed E-state index contributed by atoms with van der Waals surface area (Å²) in [6.07, 6.45) is 0. The second-order valence-electron chi connectivity index (χ2n) is 8.28. The van der Waals surface area contributed by atoms with Crippen LogP contribution in [0.3, 0.4) is 0 Å². The molecule has 1 nitrogen and oxygen atoms in total. The molecule has 0 aliphatic carbocycles. The van der Waals surface area contributed by atoms with Gasteiger partial charge in [0.25, 0.3) is 0 Å². The highest BCUT2D eigenvalue weighted by Gasteiger charge is 2.34. The molecule has 0 heterocycles. The Labute approximate surface area is 141 Å². The molecule has 0 fully saturated rings. The summed E-state index contributed by atoms with van der Waals surface area (Å²) in [6, 6.07) is 19.1. The molecular weight excluding hydrogens is 280 g/mol. The molecule has 23 heavy (non-hydrogen) atoms. The van der Waals surface area contributed by atoms with E-state index >= 15 is 0 Å². The molecule has 2 rings (SSSR count). The number of hydrogen-bond donors (Lipinski definition) is 0. The van der Waals surface area contributed by atoms with Crippen molar-refractivity contribution in [1.29, 1.82) is 0 Å². The van der Waals surface area contributed by atoms with E-state index in [1.165, 1.54) is 16.7 Å². The molecule has 0 bridgehead atoms. The van der Waals surface area contributed by atoms with Gasteiger partial charge in [0.15, 0.2) is 0 Å². The van der Waals surface area contributed by atoms with Gasteiger partial charge in [-0.2, -0.15) is 0 Å². The van der Waals surface area contributed by atoms with Gasteiger partial charge in [-0.05, 0) is 49.8 Å². The van der Waals surface area contributed by atoms with E-state index in [1.807, 2.05) is 6.07 Å². The van der Waals surface area contributed by atoms with Crippen LogP contribution in [0.2, 0.25) is 0 Å². The van der Waals surface area contributed by atoms with E-state index in [9.17, 15) is 0 Å². The summed E-state index contributed by atoms with van der Waals surface area (Å²) in [4.78, 5) is 0. The van der Waals surface area contributed by atoms with E-state index in [4.69, 9.17) is 4.74 Å². The molecule has 0 aliphatic heterocycles. The van der Waals surface area contributed by atoms with Crippen molar-refractivity contribution in [2.24, 2.45) is 0 Å². The van der Waals surface area contributed by atoms with Crippen molar-refractivity contribution in [2.75, 3.05) is 0 Å². The number of rotatable bonds is 4. The zero-order valence-electron chi connectivity index (χ0n) is 15.6. The van der Waals surface area contributed by atoms with Crippen LogP contribution in [0.25, 0.3) is 0 Å². The molecular formula is C22H30O. The zero-order valence-corrected chi connectivity index (χ0v) is 15.6. The molecule has 0 saturated carbocycles. The Balaban J connectivity index is 2.40. The minimum absolute atomic E-state index is 0.0914. The Morgan fingerprint density at radius 3 is 1.57 bits per heavy atom. The first kappa shape index (κ1) is 17.7. The summed E-state index contributed by atoms with van der Waals surface area (Å²) in [6.45, 7) is 15.4. The molecule has 124 valence electrons. The molecule has 1 heteroatoms. The van der Waals surface area contributed by atoms with Crippen LogP contribution in [-0.2, 0) is 21.4 Å². The molecule has 0 unspecified atom stereocenters. The van der Waals surface area contributed by atoms with Crippen molar-refractivity contribution in [1.82, 2.24) is 0 Å². The predicted octanol–water partition coefficient (Wildman–Crippen LogP) is 6.17. The van der Waals surface area contributed by atoms with Crippen LogP contribution in [0.5, 0.6) is 0 Å². The summed E-state index contributed by atoms with van der Waals surface area (Å²) < 4.78 is 6.63. The van der Waals surface area contributed by atoms with Crippen LogP contribution >= 0.6 is 0 Å². The topological polar surface area (TPSA) is 9.23 Å². The highest BCUT2D eigenvalue weighted by Crippen LogP contribution is 2.39. The third-order valence-corrected chi connectivity index (χ3v) is 4.36. The lowest BCUT2D eigenvalue weighted by Crippen LogP contribution is -2.35. The van der Waals surface area contributed by atoms with Crippen LogP contribution in [0, 0.1) is 0 Å². The number of ether oxygens (including phenoxy) is 1. The summed E-state index contributed by atoms with van der Waals surface area (Å²) in [5.74, 6) is 0. The fourth-order valence-corrected chi connectivity index (χ4v) is 3.25. The van der Waals surface area contributed by atoms with Crippen molar-refractivity contribution in [3.8, 4) is 0 Å². The summed E-state index contributed by atoms with van der Waals surface area (Å²) in [7, 11) is 0. The van der Waals surface area contributed by atoms with Crippen molar-refractivity contribution >= 4 is 0 Å². The van der Waals surface area contributed by atoms with E-state index in [0.29, 0.717) is 0 Å². The first-order valence-electron chi connectivity index (χ1n) is 8.40. The molecule has 2 aromatic carbocycles. The predicted molar refractivity (Wildman–Crippen MR) is 98.7 cm³/mol. The second-order valence-corrected chi connectivity index (χ2v) is 8.28. The maximum atomic E-state index is 6.63. The summed E-state index contributed by atoms with van der Waals surface area (Å²) in [5.41, 5.74) is 3.17. The first-order chi connectivity index (χ1) is 10.5. The molecule has 2 aromatic rings. The van der Waals surface area contributed by atoms with Gasteiger partial charge < -0.3 is 4.74 Å². The molecule has 0 spiro atoms. The fraction of sp³-hybridized carbons (Fsp3) is 0.455. The van der Waals surface area contributed by atoms with Crippen molar-refractivity contribution in [3.63, 3.8) is 0 Å². The molecule has 0 aliphatic rings. The fourth-order valence-electron chi connectivity index (χ4n) is 3.25. The molecule has 0 N–H and O–H groups in total. The molecule has 0 amide bonds. The van der Waals surface area contributed by atoms with E-state index in [2.05, 4.69) is 97.0 Å².